The lowest BCUT2D eigenvalue weighted by molar-refractivity contribution is -0.892. The first kappa shape index (κ1) is 16.3. The molecule has 1 aromatic heterocycles. The van der Waals surface area contributed by atoms with Crippen LogP contribution in [0.1, 0.15) is 5.76 Å². The van der Waals surface area contributed by atoms with Crippen molar-refractivity contribution in [3.8, 4) is 5.75 Å². The highest BCUT2D eigenvalue weighted by Gasteiger charge is 2.23. The Labute approximate surface area is 141 Å². The van der Waals surface area contributed by atoms with Crippen LogP contribution in [0, 0.1) is 6.92 Å². The lowest BCUT2D eigenvalue weighted by atomic mass is 10.2. The van der Waals surface area contributed by atoms with Crippen LogP contribution in [0.3, 0.4) is 0 Å². The first-order valence-electron chi connectivity index (χ1n) is 8.10. The second-order valence-electron chi connectivity index (χ2n) is 5.99. The molecule has 2 N–H and O–H groups in total. The Hall–Kier alpha value is -2.54. The van der Waals surface area contributed by atoms with Gasteiger partial charge in [0.1, 0.15) is 11.5 Å². The van der Waals surface area contributed by atoms with Crippen LogP contribution in [0.25, 0.3) is 0 Å². The van der Waals surface area contributed by atoms with E-state index >= 15 is 0 Å². The molecule has 7 heteroatoms. The van der Waals surface area contributed by atoms with Gasteiger partial charge in [-0.3, -0.25) is 4.79 Å². The fraction of sp³-hybridized carbons (Fsp3) is 0.412. The van der Waals surface area contributed by atoms with Crippen molar-refractivity contribution in [1.82, 2.24) is 5.16 Å². The minimum Gasteiger partial charge on any atom is -0.497 e. The van der Waals surface area contributed by atoms with Gasteiger partial charge in [0.15, 0.2) is 12.4 Å². The van der Waals surface area contributed by atoms with E-state index in [1.165, 1.54) is 4.90 Å². The molecule has 0 radical (unpaired) electrons. The van der Waals surface area contributed by atoms with Crippen LogP contribution in [0.15, 0.2) is 34.9 Å². The van der Waals surface area contributed by atoms with Crippen LogP contribution in [-0.4, -0.2) is 50.9 Å². The number of nitrogens with one attached hydrogen (secondary N) is 2. The fourth-order valence-electron chi connectivity index (χ4n) is 2.90. The number of amides is 1. The summed E-state index contributed by atoms with van der Waals surface area (Å²) < 4.78 is 10.2. The highest BCUT2D eigenvalue weighted by molar-refractivity contribution is 5.90. The molecule has 0 aliphatic carbocycles. The van der Waals surface area contributed by atoms with Crippen molar-refractivity contribution in [2.45, 2.75) is 6.92 Å². The molecule has 7 nitrogen and oxygen atoms in total. The zero-order chi connectivity index (χ0) is 16.9. The number of aryl methyl sites for hydroxylation is 1. The summed E-state index contributed by atoms with van der Waals surface area (Å²) in [6.45, 7) is 5.91. The van der Waals surface area contributed by atoms with Gasteiger partial charge in [-0.25, -0.2) is 0 Å². The standard InChI is InChI=1S/C17H22N4O3/c1-13-10-16(19-24-13)18-17(22)12-20-6-8-21(9-7-20)14-4-3-5-15(11-14)23-2/h3-5,10-11H,6-9,12H2,1-2H3,(H,18,19,22)/p+1. The number of piperazine rings is 1. The van der Waals surface area contributed by atoms with E-state index in [1.807, 2.05) is 18.2 Å². The van der Waals surface area contributed by atoms with Crippen LogP contribution < -0.4 is 19.9 Å². The molecule has 3 rings (SSSR count). The predicted molar refractivity (Wildman–Crippen MR) is 90.6 cm³/mol. The van der Waals surface area contributed by atoms with Gasteiger partial charge in [0.2, 0.25) is 0 Å². The van der Waals surface area contributed by atoms with Crippen LogP contribution >= 0.6 is 0 Å². The number of anilines is 2. The summed E-state index contributed by atoms with van der Waals surface area (Å²) in [5, 5.41) is 6.55. The van der Waals surface area contributed by atoms with E-state index in [9.17, 15) is 4.79 Å². The van der Waals surface area contributed by atoms with Gasteiger partial charge in [-0.15, -0.1) is 0 Å². The van der Waals surface area contributed by atoms with E-state index in [0.717, 1.165) is 37.6 Å². The molecular formula is C17H23N4O3+. The Morgan fingerprint density at radius 3 is 2.83 bits per heavy atom. The van der Waals surface area contributed by atoms with E-state index in [2.05, 4.69) is 21.4 Å². The number of carbonyl (C=O) groups is 1. The number of aromatic nitrogens is 1. The van der Waals surface area contributed by atoms with Gasteiger partial charge in [0.25, 0.3) is 5.91 Å². The second-order valence-corrected chi connectivity index (χ2v) is 5.99. The zero-order valence-electron chi connectivity index (χ0n) is 14.0. The Morgan fingerprint density at radius 2 is 2.17 bits per heavy atom. The molecule has 2 heterocycles. The van der Waals surface area contributed by atoms with Crippen molar-refractivity contribution < 1.29 is 19.0 Å². The largest absolute Gasteiger partial charge is 0.497 e. The number of hydrogen-bond donors (Lipinski definition) is 2. The number of benzene rings is 1. The van der Waals surface area contributed by atoms with Gasteiger partial charge >= 0.3 is 0 Å². The highest BCUT2D eigenvalue weighted by Crippen LogP contribution is 2.20. The molecule has 1 aliphatic heterocycles. The lowest BCUT2D eigenvalue weighted by Gasteiger charge is -2.33. The summed E-state index contributed by atoms with van der Waals surface area (Å²) >= 11 is 0. The van der Waals surface area contributed by atoms with Gasteiger partial charge in [0.05, 0.1) is 33.3 Å². The van der Waals surface area contributed by atoms with E-state index in [4.69, 9.17) is 9.26 Å². The van der Waals surface area contributed by atoms with Crippen molar-refractivity contribution >= 4 is 17.4 Å². The molecule has 0 spiro atoms. The number of methoxy groups -OCH3 is 1. The number of carbonyl (C=O) groups excluding carboxylic acids is 1. The Morgan fingerprint density at radius 1 is 1.38 bits per heavy atom. The number of rotatable bonds is 5. The third-order valence-corrected chi connectivity index (χ3v) is 4.20. The van der Waals surface area contributed by atoms with Crippen LogP contribution in [0.4, 0.5) is 11.5 Å². The SMILES string of the molecule is COc1cccc(N2CC[NH+](CC(=O)Nc3cc(C)on3)CC2)c1. The average molecular weight is 331 g/mol. The van der Waals surface area contributed by atoms with Crippen LogP contribution in [-0.2, 0) is 4.79 Å². The fourth-order valence-corrected chi connectivity index (χ4v) is 2.90. The Balaban J connectivity index is 1.48. The Bertz CT molecular complexity index is 693. The van der Waals surface area contributed by atoms with Crippen molar-refractivity contribution in [2.24, 2.45) is 0 Å². The summed E-state index contributed by atoms with van der Waals surface area (Å²) in [6.07, 6.45) is 0. The van der Waals surface area contributed by atoms with E-state index in [-0.39, 0.29) is 5.91 Å². The van der Waals surface area contributed by atoms with Gasteiger partial charge in [-0.05, 0) is 19.1 Å². The molecule has 1 aliphatic rings. The van der Waals surface area contributed by atoms with Gasteiger partial charge in [0, 0.05) is 17.8 Å². The molecule has 24 heavy (non-hydrogen) atoms. The number of ether oxygens (including phenoxy) is 1. The molecular weight excluding hydrogens is 308 g/mol. The quantitative estimate of drug-likeness (QED) is 0.826. The van der Waals surface area contributed by atoms with Crippen LogP contribution in [0.5, 0.6) is 5.75 Å². The summed E-state index contributed by atoms with van der Waals surface area (Å²) in [5.41, 5.74) is 1.16. The van der Waals surface area contributed by atoms with E-state index in [1.54, 1.807) is 20.1 Å². The molecule has 1 fully saturated rings. The van der Waals surface area contributed by atoms with Gasteiger partial charge in [-0.2, -0.15) is 0 Å². The minimum atomic E-state index is -0.0341. The summed E-state index contributed by atoms with van der Waals surface area (Å²) in [6, 6.07) is 9.80. The summed E-state index contributed by atoms with van der Waals surface area (Å²) in [5.74, 6) is 1.99. The van der Waals surface area contributed by atoms with Gasteiger partial charge in [-0.1, -0.05) is 11.2 Å². The first-order chi connectivity index (χ1) is 11.6. The molecule has 0 unspecified atom stereocenters. The molecule has 0 bridgehead atoms. The third kappa shape index (κ3) is 4.05. The number of quaternary nitrogens is 1. The third-order valence-electron chi connectivity index (χ3n) is 4.20. The number of hydrogen-bond acceptors (Lipinski definition) is 5. The molecule has 0 saturated carbocycles. The molecule has 0 atom stereocenters. The minimum absolute atomic E-state index is 0.0341. The molecule has 128 valence electrons. The molecule has 2 aromatic rings. The maximum Gasteiger partial charge on any atom is 0.280 e. The van der Waals surface area contributed by atoms with Crippen molar-refractivity contribution in [2.75, 3.05) is 50.1 Å². The smallest absolute Gasteiger partial charge is 0.280 e. The Kier molecular flexibility index (Phi) is 5.00. The first-order valence-corrected chi connectivity index (χ1v) is 8.10. The van der Waals surface area contributed by atoms with Gasteiger partial charge < -0.3 is 24.4 Å². The lowest BCUT2D eigenvalue weighted by Crippen LogP contribution is -3.15. The average Bonchev–Trinajstić information content (AvgIpc) is 3.00. The summed E-state index contributed by atoms with van der Waals surface area (Å²) in [4.78, 5) is 15.7. The van der Waals surface area contributed by atoms with E-state index in [0.29, 0.717) is 18.1 Å². The van der Waals surface area contributed by atoms with Crippen molar-refractivity contribution in [3.05, 3.63) is 36.1 Å². The monoisotopic (exact) mass is 331 g/mol. The van der Waals surface area contributed by atoms with Crippen molar-refractivity contribution in [3.63, 3.8) is 0 Å². The molecule has 1 amide bonds. The normalized spacial score (nSPS) is 15.3. The maximum absolute atomic E-state index is 12.1. The predicted octanol–water partition coefficient (Wildman–Crippen LogP) is 0.335. The molecule has 1 saturated heterocycles. The second kappa shape index (κ2) is 7.35. The topological polar surface area (TPSA) is 72.0 Å². The maximum atomic E-state index is 12.1. The highest BCUT2D eigenvalue weighted by atomic mass is 16.5. The van der Waals surface area contributed by atoms with Crippen LogP contribution in [0.2, 0.25) is 0 Å². The zero-order valence-corrected chi connectivity index (χ0v) is 14.0. The number of nitrogens with zero attached hydrogens (tertiary/aromatic N) is 2. The molecule has 1 aromatic carbocycles. The van der Waals surface area contributed by atoms with Crippen molar-refractivity contribution in [1.29, 1.82) is 0 Å². The van der Waals surface area contributed by atoms with E-state index < -0.39 is 0 Å². The summed E-state index contributed by atoms with van der Waals surface area (Å²) in [7, 11) is 1.68.